The van der Waals surface area contributed by atoms with Gasteiger partial charge in [-0.1, -0.05) is 35.4 Å². The van der Waals surface area contributed by atoms with Crippen LogP contribution in [0.4, 0.5) is 0 Å². The van der Waals surface area contributed by atoms with Gasteiger partial charge in [0, 0.05) is 0 Å². The predicted molar refractivity (Wildman–Crippen MR) is 107 cm³/mol. The Hall–Kier alpha value is -1.86. The van der Waals surface area contributed by atoms with E-state index >= 15 is 0 Å². The molecular formula is C20H22O9S2. The van der Waals surface area contributed by atoms with Crippen LogP contribution in [0.25, 0.3) is 0 Å². The van der Waals surface area contributed by atoms with Crippen LogP contribution in [-0.2, 0) is 38.1 Å². The zero-order valence-corrected chi connectivity index (χ0v) is 18.4. The Kier molecular flexibility index (Phi) is 5.71. The molecule has 2 aliphatic rings. The molecule has 0 radical (unpaired) electrons. The zero-order chi connectivity index (χ0) is 22.4. The van der Waals surface area contributed by atoms with Crippen molar-refractivity contribution in [1.82, 2.24) is 0 Å². The summed E-state index contributed by atoms with van der Waals surface area (Å²) < 4.78 is 70.2. The summed E-state index contributed by atoms with van der Waals surface area (Å²) in [6.45, 7) is 2.55. The summed E-state index contributed by atoms with van der Waals surface area (Å²) in [4.78, 5) is -0.0656. The first-order chi connectivity index (χ1) is 14.5. The lowest BCUT2D eigenvalue weighted by molar-refractivity contribution is -0.246. The second kappa shape index (κ2) is 7.93. The Morgan fingerprint density at radius 3 is 1.87 bits per heavy atom. The maximum absolute atomic E-state index is 12.3. The largest absolute Gasteiger partial charge is 0.362 e. The van der Waals surface area contributed by atoms with Gasteiger partial charge in [0.1, 0.15) is 24.9 Å². The van der Waals surface area contributed by atoms with Gasteiger partial charge >= 0.3 is 0 Å². The Morgan fingerprint density at radius 2 is 1.35 bits per heavy atom. The van der Waals surface area contributed by atoms with Gasteiger partial charge in [-0.25, -0.2) is 0 Å². The number of epoxide rings is 1. The van der Waals surface area contributed by atoms with Crippen molar-refractivity contribution in [3.8, 4) is 0 Å². The van der Waals surface area contributed by atoms with E-state index in [1.165, 1.54) is 24.3 Å². The van der Waals surface area contributed by atoms with E-state index in [1.807, 2.05) is 13.8 Å². The van der Waals surface area contributed by atoms with Crippen LogP contribution in [0, 0.1) is 13.8 Å². The molecular weight excluding hydrogens is 448 g/mol. The summed E-state index contributed by atoms with van der Waals surface area (Å²) in [5, 5.41) is 10.7. The van der Waals surface area contributed by atoms with E-state index in [-0.39, 0.29) is 9.79 Å². The highest BCUT2D eigenvalue weighted by Gasteiger charge is 2.67. The van der Waals surface area contributed by atoms with Crippen LogP contribution in [0.5, 0.6) is 0 Å². The minimum atomic E-state index is -4.12. The van der Waals surface area contributed by atoms with Crippen molar-refractivity contribution in [2.75, 3.05) is 13.2 Å². The van der Waals surface area contributed by atoms with E-state index in [0.29, 0.717) is 0 Å². The molecule has 11 heteroatoms. The third-order valence-electron chi connectivity index (χ3n) is 5.12. The van der Waals surface area contributed by atoms with Gasteiger partial charge < -0.3 is 14.6 Å². The van der Waals surface area contributed by atoms with Crippen molar-refractivity contribution in [3.05, 3.63) is 59.7 Å². The lowest BCUT2D eigenvalue weighted by atomic mass is 10.2. The Morgan fingerprint density at radius 1 is 0.871 bits per heavy atom. The number of rotatable bonds is 8. The fourth-order valence-electron chi connectivity index (χ4n) is 3.28. The quantitative estimate of drug-likeness (QED) is 0.448. The topological polar surface area (TPSA) is 129 Å². The molecule has 0 amide bonds. The lowest BCUT2D eigenvalue weighted by Crippen LogP contribution is -2.42. The third-order valence-corrected chi connectivity index (χ3v) is 7.69. The van der Waals surface area contributed by atoms with Crippen molar-refractivity contribution in [2.45, 2.75) is 47.7 Å². The maximum atomic E-state index is 12.3. The van der Waals surface area contributed by atoms with Crippen LogP contribution in [-0.4, -0.2) is 59.3 Å². The Balaban J connectivity index is 1.37. The van der Waals surface area contributed by atoms with Crippen molar-refractivity contribution in [1.29, 1.82) is 0 Å². The summed E-state index contributed by atoms with van der Waals surface area (Å²) in [5.41, 5.74) is 1.78. The SMILES string of the molecule is Cc1ccc(S(=O)(=O)OC[C@H]2O[C@@](O)(COS(=O)(=O)c3ccc(C)cc3)[C@@H]3O[C@H]32)cc1. The van der Waals surface area contributed by atoms with Crippen LogP contribution < -0.4 is 0 Å². The molecule has 2 aromatic rings. The Bertz CT molecular complexity index is 1160. The van der Waals surface area contributed by atoms with Crippen LogP contribution in [0.3, 0.4) is 0 Å². The molecule has 31 heavy (non-hydrogen) atoms. The van der Waals surface area contributed by atoms with Gasteiger partial charge in [0.05, 0.1) is 16.4 Å². The highest BCUT2D eigenvalue weighted by atomic mass is 32.2. The number of hydrogen-bond acceptors (Lipinski definition) is 9. The second-order valence-corrected chi connectivity index (χ2v) is 10.8. The number of hydrogen-bond donors (Lipinski definition) is 1. The normalized spacial score (nSPS) is 27.8. The minimum Gasteiger partial charge on any atom is -0.362 e. The molecule has 2 aliphatic heterocycles. The smallest absolute Gasteiger partial charge is 0.297 e. The second-order valence-electron chi connectivity index (χ2n) is 7.60. The summed E-state index contributed by atoms with van der Waals surface area (Å²) in [6, 6.07) is 12.2. The van der Waals surface area contributed by atoms with Gasteiger partial charge in [-0.05, 0) is 38.1 Å². The molecule has 0 saturated carbocycles. The van der Waals surface area contributed by atoms with Crippen molar-refractivity contribution in [3.63, 3.8) is 0 Å². The molecule has 2 aromatic carbocycles. The van der Waals surface area contributed by atoms with Gasteiger partial charge in [0.15, 0.2) is 0 Å². The summed E-state index contributed by atoms with van der Waals surface area (Å²) in [7, 11) is -8.15. The number of fused-ring (bicyclic) bond motifs is 1. The van der Waals surface area contributed by atoms with E-state index in [0.717, 1.165) is 11.1 Å². The molecule has 0 aromatic heterocycles. The van der Waals surface area contributed by atoms with Crippen LogP contribution in [0.15, 0.2) is 58.3 Å². The molecule has 0 bridgehead atoms. The first kappa shape index (κ1) is 22.3. The van der Waals surface area contributed by atoms with E-state index < -0.39 is 57.5 Å². The number of aryl methyl sites for hydroxylation is 2. The molecule has 0 spiro atoms. The molecule has 0 aliphatic carbocycles. The highest BCUT2D eigenvalue weighted by molar-refractivity contribution is 7.87. The van der Waals surface area contributed by atoms with Gasteiger partial charge in [0.25, 0.3) is 20.2 Å². The molecule has 0 unspecified atom stereocenters. The molecule has 9 nitrogen and oxygen atoms in total. The van der Waals surface area contributed by atoms with E-state index in [2.05, 4.69) is 0 Å². The standard InChI is InChI=1S/C20H22O9S2/c1-13-3-7-15(8-4-13)30(22,23)26-11-17-18-19(28-18)20(21,29-17)12-27-31(24,25)16-9-5-14(2)6-10-16/h3-10,17-19,21H,11-12H2,1-2H3/t17-,18+,19-,20+/m1/s1. The summed E-state index contributed by atoms with van der Waals surface area (Å²) in [6.07, 6.45) is -2.36. The summed E-state index contributed by atoms with van der Waals surface area (Å²) in [5.74, 6) is -2.04. The molecule has 168 valence electrons. The number of aliphatic hydroxyl groups is 1. The first-order valence-corrected chi connectivity index (χ1v) is 12.3. The summed E-state index contributed by atoms with van der Waals surface area (Å²) >= 11 is 0. The van der Waals surface area contributed by atoms with Gasteiger partial charge in [0.2, 0.25) is 5.79 Å². The van der Waals surface area contributed by atoms with Crippen molar-refractivity contribution < 1.29 is 39.8 Å². The van der Waals surface area contributed by atoms with Gasteiger partial charge in [-0.2, -0.15) is 16.8 Å². The first-order valence-electron chi connectivity index (χ1n) is 9.48. The number of benzene rings is 2. The zero-order valence-electron chi connectivity index (χ0n) is 16.8. The molecule has 4 rings (SSSR count). The van der Waals surface area contributed by atoms with E-state index in [1.54, 1.807) is 24.3 Å². The van der Waals surface area contributed by atoms with Crippen LogP contribution in [0.1, 0.15) is 11.1 Å². The highest BCUT2D eigenvalue weighted by Crippen LogP contribution is 2.45. The fourth-order valence-corrected chi connectivity index (χ4v) is 5.12. The van der Waals surface area contributed by atoms with E-state index in [4.69, 9.17) is 17.8 Å². The monoisotopic (exact) mass is 470 g/mol. The average Bonchev–Trinajstić information content (AvgIpc) is 3.47. The maximum Gasteiger partial charge on any atom is 0.297 e. The number of ether oxygens (including phenoxy) is 2. The Labute approximate surface area is 180 Å². The van der Waals surface area contributed by atoms with Crippen LogP contribution >= 0.6 is 0 Å². The minimum absolute atomic E-state index is 0.00727. The van der Waals surface area contributed by atoms with Gasteiger partial charge in [-0.15, -0.1) is 0 Å². The van der Waals surface area contributed by atoms with Crippen molar-refractivity contribution >= 4 is 20.2 Å². The van der Waals surface area contributed by atoms with Crippen molar-refractivity contribution in [2.24, 2.45) is 0 Å². The molecule has 2 fully saturated rings. The average molecular weight is 471 g/mol. The predicted octanol–water partition coefficient (Wildman–Crippen LogP) is 1.27. The van der Waals surface area contributed by atoms with Gasteiger partial charge in [-0.3, -0.25) is 8.37 Å². The lowest BCUT2D eigenvalue weighted by Gasteiger charge is -2.25. The third kappa shape index (κ3) is 4.67. The van der Waals surface area contributed by atoms with Crippen LogP contribution in [0.2, 0.25) is 0 Å². The molecule has 1 N–H and O–H groups in total. The van der Waals surface area contributed by atoms with E-state index in [9.17, 15) is 21.9 Å². The molecule has 2 saturated heterocycles. The molecule has 2 heterocycles. The molecule has 4 atom stereocenters. The fraction of sp³-hybridized carbons (Fsp3) is 0.400.